The molecule has 0 aliphatic carbocycles. The zero-order chi connectivity index (χ0) is 27.1. The molecular weight excluding hydrogens is 493 g/mol. The number of hydrogen-bond donors (Lipinski definition) is 0. The number of fused-ring (bicyclic) bond motifs is 2. The van der Waals surface area contributed by atoms with Gasteiger partial charge in [0.05, 0.1) is 0 Å². The summed E-state index contributed by atoms with van der Waals surface area (Å²) in [5.41, 5.74) is 3.54. The average molecular weight is 539 g/mol. The molecule has 1 aliphatic heterocycles. The molecule has 0 saturated carbocycles. The number of pyridine rings is 2. The quantitative estimate of drug-likeness (QED) is 0.253. The van der Waals surface area contributed by atoms with Crippen LogP contribution in [0.2, 0.25) is 36.3 Å². The first kappa shape index (κ1) is 30.6. The number of aldehydes is 2. The Hall–Kier alpha value is -2.59. The van der Waals surface area contributed by atoms with Crippen LogP contribution in [0.5, 0.6) is 0 Å². The van der Waals surface area contributed by atoms with Gasteiger partial charge in [-0.1, -0.05) is 75.2 Å². The van der Waals surface area contributed by atoms with Crippen molar-refractivity contribution in [1.82, 2.24) is 14.2 Å². The zero-order valence-corrected chi connectivity index (χ0v) is 25.6. The van der Waals surface area contributed by atoms with Crippen LogP contribution in [0.1, 0.15) is 75.2 Å². The van der Waals surface area contributed by atoms with Gasteiger partial charge in [0.1, 0.15) is 11.5 Å². The smallest absolute Gasteiger partial charge is 0.163 e. The summed E-state index contributed by atoms with van der Waals surface area (Å²) in [7, 11) is -3.22. The minimum atomic E-state index is -1.65. The second-order valence-electron chi connectivity index (χ2n) is 12.9. The lowest BCUT2D eigenvalue weighted by atomic mass is 10.2. The molecule has 0 atom stereocenters. The van der Waals surface area contributed by atoms with Gasteiger partial charge in [0, 0.05) is 35.5 Å². The first-order valence-corrected chi connectivity index (χ1v) is 18.6. The molecule has 3 aromatic heterocycles. The maximum absolute atomic E-state index is 10.8. The molecule has 0 amide bonds. The molecule has 0 fully saturated rings. The van der Waals surface area contributed by atoms with Gasteiger partial charge < -0.3 is 8.80 Å². The van der Waals surface area contributed by atoms with Crippen LogP contribution in [0.3, 0.4) is 0 Å². The summed E-state index contributed by atoms with van der Waals surface area (Å²) >= 11 is 0. The van der Waals surface area contributed by atoms with Crippen molar-refractivity contribution in [3.8, 4) is 0 Å². The summed E-state index contributed by atoms with van der Waals surface area (Å²) in [6.45, 7) is 24.3. The number of nitrogens with zero attached hydrogens (tertiary/aromatic N) is 4. The summed E-state index contributed by atoms with van der Waals surface area (Å²) in [6.07, 6.45) is 8.19. The summed E-state index contributed by atoms with van der Waals surface area (Å²) in [5.74, 6) is 1.10. The van der Waals surface area contributed by atoms with E-state index in [9.17, 15) is 9.59 Å². The fourth-order valence-electron chi connectivity index (χ4n) is 4.22. The molecule has 0 unspecified atom stereocenters. The van der Waals surface area contributed by atoms with Crippen molar-refractivity contribution in [3.05, 3.63) is 53.5 Å². The number of carbonyl (C=O) groups is 2. The van der Waals surface area contributed by atoms with E-state index in [1.165, 1.54) is 5.56 Å². The Morgan fingerprint density at radius 1 is 0.838 bits per heavy atom. The van der Waals surface area contributed by atoms with Crippen LogP contribution in [-0.4, -0.2) is 49.8 Å². The van der Waals surface area contributed by atoms with E-state index in [0.29, 0.717) is 16.2 Å². The Morgan fingerprint density at radius 2 is 1.38 bits per heavy atom. The molecule has 6 nitrogen and oxygen atoms in total. The van der Waals surface area contributed by atoms with Crippen LogP contribution in [0.4, 0.5) is 5.82 Å². The molecule has 37 heavy (non-hydrogen) atoms. The Kier molecular flexibility index (Phi) is 8.82. The van der Waals surface area contributed by atoms with Crippen LogP contribution in [0, 0.1) is 0 Å². The first-order chi connectivity index (χ1) is 16.5. The topological polar surface area (TPSA) is 68.1 Å². The molecule has 8 heteroatoms. The Balaban J connectivity index is 0.000000253. The fraction of sp³-hybridized carbons (Fsp3) is 0.517. The van der Waals surface area contributed by atoms with Crippen LogP contribution >= 0.6 is 0 Å². The number of carbonyl (C=O) groups excluding carboxylic acids is 2. The molecule has 0 N–H and O–H groups in total. The van der Waals surface area contributed by atoms with E-state index in [-0.39, 0.29) is 12.5 Å². The largest absolute Gasteiger partial charge is 0.382 e. The predicted octanol–water partition coefficient (Wildman–Crippen LogP) is 7.60. The molecule has 202 valence electrons. The highest BCUT2D eigenvalue weighted by atomic mass is 28.3. The lowest BCUT2D eigenvalue weighted by Crippen LogP contribution is -2.54. The minimum absolute atomic E-state index is 0. The third-order valence-electron chi connectivity index (χ3n) is 8.59. The van der Waals surface area contributed by atoms with Crippen molar-refractivity contribution in [2.24, 2.45) is 0 Å². The van der Waals surface area contributed by atoms with E-state index in [2.05, 4.69) is 98.8 Å². The summed E-state index contributed by atoms with van der Waals surface area (Å²) in [5, 5.41) is 1.60. The monoisotopic (exact) mass is 538 g/mol. The van der Waals surface area contributed by atoms with Gasteiger partial charge in [-0.05, 0) is 46.5 Å². The maximum atomic E-state index is 10.8. The van der Waals surface area contributed by atoms with Crippen molar-refractivity contribution in [2.45, 2.75) is 91.7 Å². The Bertz CT molecular complexity index is 1270. The predicted molar refractivity (Wildman–Crippen MR) is 162 cm³/mol. The van der Waals surface area contributed by atoms with Gasteiger partial charge in [0.25, 0.3) is 0 Å². The van der Waals surface area contributed by atoms with E-state index in [4.69, 9.17) is 0 Å². The maximum Gasteiger partial charge on any atom is 0.163 e. The van der Waals surface area contributed by atoms with Gasteiger partial charge in [-0.25, -0.2) is 9.97 Å². The van der Waals surface area contributed by atoms with Crippen molar-refractivity contribution in [3.63, 3.8) is 0 Å². The highest BCUT2D eigenvalue weighted by molar-refractivity contribution is 6.83. The normalized spacial score (nSPS) is 13.9. The second kappa shape index (κ2) is 10.7. The molecule has 1 aliphatic rings. The van der Waals surface area contributed by atoms with Crippen molar-refractivity contribution in [1.29, 1.82) is 0 Å². The van der Waals surface area contributed by atoms with Gasteiger partial charge >= 0.3 is 0 Å². The van der Waals surface area contributed by atoms with Crippen LogP contribution in [0.15, 0.2) is 36.8 Å². The van der Waals surface area contributed by atoms with Gasteiger partial charge in [0.2, 0.25) is 0 Å². The zero-order valence-electron chi connectivity index (χ0n) is 23.6. The fourth-order valence-corrected chi connectivity index (χ4v) is 8.32. The van der Waals surface area contributed by atoms with Crippen molar-refractivity contribution < 1.29 is 9.59 Å². The Morgan fingerprint density at radius 3 is 1.92 bits per heavy atom. The number of hydrogen-bond acceptors (Lipinski definition) is 5. The van der Waals surface area contributed by atoms with E-state index >= 15 is 0 Å². The standard InChI is InChI=1S/C14H22N2OSi.C14H20N2OSi.CH4/c2*1-14(2,3)18(4,5)16-7-6-12-8-11(10-17)9-15-13(12)16;/h8-10H,6-7H2,1-5H3;6-10H,1-5H3;1H4. The van der Waals surface area contributed by atoms with Crippen molar-refractivity contribution >= 4 is 45.9 Å². The molecule has 0 aromatic carbocycles. The summed E-state index contributed by atoms with van der Waals surface area (Å²) < 4.78 is 4.84. The molecule has 0 radical (unpaired) electrons. The van der Waals surface area contributed by atoms with Crippen molar-refractivity contribution in [2.75, 3.05) is 11.1 Å². The Labute approximate surface area is 225 Å². The third-order valence-corrected chi connectivity index (χ3v) is 19.3. The minimum Gasteiger partial charge on any atom is -0.382 e. The van der Waals surface area contributed by atoms with Crippen LogP contribution < -0.4 is 4.57 Å². The third kappa shape index (κ3) is 5.80. The molecule has 0 bridgehead atoms. The van der Waals surface area contributed by atoms with Crippen LogP contribution in [0.25, 0.3) is 11.0 Å². The molecule has 3 aromatic rings. The number of aromatic nitrogens is 3. The van der Waals surface area contributed by atoms with Gasteiger partial charge in [-0.15, -0.1) is 0 Å². The first-order valence-electron chi connectivity index (χ1n) is 12.7. The molecule has 0 spiro atoms. The van der Waals surface area contributed by atoms with Crippen LogP contribution in [-0.2, 0) is 6.42 Å². The van der Waals surface area contributed by atoms with Gasteiger partial charge in [0.15, 0.2) is 29.0 Å². The SMILES string of the molecule is C.CC(C)(C)[Si](C)(C)N1CCc2cc(C=O)cnc21.CC(C)(C)[Si](C)(C)n1ccc2cc(C=O)cnc21. The average Bonchev–Trinajstić information content (AvgIpc) is 3.41. The van der Waals surface area contributed by atoms with E-state index in [1.807, 2.05) is 12.1 Å². The van der Waals surface area contributed by atoms with E-state index < -0.39 is 16.5 Å². The molecule has 4 rings (SSSR count). The van der Waals surface area contributed by atoms with Gasteiger partial charge in [-0.3, -0.25) is 9.59 Å². The lowest BCUT2D eigenvalue weighted by molar-refractivity contribution is 0.111. The molecule has 4 heterocycles. The lowest BCUT2D eigenvalue weighted by Gasteiger charge is -2.44. The number of anilines is 1. The number of rotatable bonds is 4. The van der Waals surface area contributed by atoms with Gasteiger partial charge in [-0.2, -0.15) is 0 Å². The molecular formula is C29H46N4O2Si2. The highest BCUT2D eigenvalue weighted by Crippen LogP contribution is 2.43. The molecule has 0 saturated heterocycles. The highest BCUT2D eigenvalue weighted by Gasteiger charge is 2.44. The van der Waals surface area contributed by atoms with E-state index in [1.54, 1.807) is 12.4 Å². The van der Waals surface area contributed by atoms with E-state index in [0.717, 1.165) is 42.4 Å². The summed E-state index contributed by atoms with van der Waals surface area (Å²) in [6, 6.07) is 5.94. The second-order valence-corrected chi connectivity index (χ2v) is 23.1. The summed E-state index contributed by atoms with van der Waals surface area (Å²) in [4.78, 5) is 30.6.